The van der Waals surface area contributed by atoms with Gasteiger partial charge >= 0.3 is 0 Å². The van der Waals surface area contributed by atoms with Gasteiger partial charge in [-0.25, -0.2) is 0 Å². The van der Waals surface area contributed by atoms with E-state index in [-0.39, 0.29) is 16.7 Å². The van der Waals surface area contributed by atoms with Gasteiger partial charge in [0.1, 0.15) is 11.9 Å². The summed E-state index contributed by atoms with van der Waals surface area (Å²) in [6.45, 7) is 14.5. The van der Waals surface area contributed by atoms with Gasteiger partial charge in [-0.3, -0.25) is 10.1 Å². The summed E-state index contributed by atoms with van der Waals surface area (Å²) in [5.74, 6) is 5.96. The number of aryl methyl sites for hydroxylation is 1. The van der Waals surface area contributed by atoms with Gasteiger partial charge in [0, 0.05) is 18.6 Å². The summed E-state index contributed by atoms with van der Waals surface area (Å²) in [6, 6.07) is 4.99. The molecule has 0 radical (unpaired) electrons. The van der Waals surface area contributed by atoms with Crippen molar-refractivity contribution in [2.45, 2.75) is 118 Å². The fraction of sp³-hybridized carbons (Fsp3) is 0.765. The van der Waals surface area contributed by atoms with Gasteiger partial charge in [0.2, 0.25) is 0 Å². The Morgan fingerprint density at radius 2 is 1.84 bits per heavy atom. The maximum atomic E-state index is 11.1. The number of hydrogen-bond acceptors (Lipinski definition) is 3. The SMILES string of the molecule is Cc1cc([N+](=O)[O-])ccc1O[C@H]1CC[C@@]2(C)C(=CC[C@H]3[C@@H]4CC[C@H]([C@H](C)CCCC(C)C)[C@@]4(C)CC[C@@H]32)C1. The normalized spacial score (nSPS) is 37.1. The number of fused-ring (bicyclic) bond motifs is 5. The maximum absolute atomic E-state index is 11.1. The van der Waals surface area contributed by atoms with Gasteiger partial charge in [-0.2, -0.15) is 0 Å². The zero-order chi connectivity index (χ0) is 27.2. The second kappa shape index (κ2) is 10.6. The number of hydrogen-bond donors (Lipinski definition) is 0. The summed E-state index contributed by atoms with van der Waals surface area (Å²) < 4.78 is 6.46. The molecular weight excluding hydrogens is 470 g/mol. The molecule has 0 N–H and O–H groups in total. The molecule has 0 heterocycles. The number of non-ortho nitro benzene ring substituents is 1. The van der Waals surface area contributed by atoms with Crippen molar-refractivity contribution >= 4 is 5.69 Å². The average molecular weight is 522 g/mol. The standard InChI is InChI=1S/C34H51NO3/c1-22(2)8-7-9-23(3)29-13-14-30-28-12-10-25-21-27(38-32-15-11-26(35(36)37)20-24(32)4)16-18-33(25,5)31(28)17-19-34(29,30)6/h10-11,15,20,22-23,27-31H,7-9,12-14,16-19,21H2,1-6H3/t23-,27+,28+,29-,30+,31+,33+,34-/m1/s1. The molecule has 1 aromatic rings. The Labute approximate surface area is 231 Å². The van der Waals surface area contributed by atoms with Crippen LogP contribution < -0.4 is 4.74 Å². The van der Waals surface area contributed by atoms with Crippen LogP contribution in [0.15, 0.2) is 29.8 Å². The molecule has 0 spiro atoms. The molecule has 3 fully saturated rings. The lowest BCUT2D eigenvalue weighted by Gasteiger charge is -2.58. The summed E-state index contributed by atoms with van der Waals surface area (Å²) in [5, 5.41) is 11.1. The van der Waals surface area contributed by atoms with Gasteiger partial charge in [-0.15, -0.1) is 0 Å². The van der Waals surface area contributed by atoms with Crippen LogP contribution in [0.3, 0.4) is 0 Å². The minimum absolute atomic E-state index is 0.135. The van der Waals surface area contributed by atoms with Crippen LogP contribution in [-0.4, -0.2) is 11.0 Å². The van der Waals surface area contributed by atoms with Gasteiger partial charge in [0.05, 0.1) is 4.92 Å². The quantitative estimate of drug-likeness (QED) is 0.194. The van der Waals surface area contributed by atoms with Gasteiger partial charge < -0.3 is 4.74 Å². The number of nitro groups is 1. The zero-order valence-electron chi connectivity index (χ0n) is 24.8. The van der Waals surface area contributed by atoms with Crippen LogP contribution in [0.4, 0.5) is 5.69 Å². The van der Waals surface area contributed by atoms with Gasteiger partial charge in [-0.1, -0.05) is 65.5 Å². The number of rotatable bonds is 8. The van der Waals surface area contributed by atoms with Crippen LogP contribution >= 0.6 is 0 Å². The highest BCUT2D eigenvalue weighted by Crippen LogP contribution is 2.67. The lowest BCUT2D eigenvalue weighted by atomic mass is 9.47. The maximum Gasteiger partial charge on any atom is 0.269 e. The van der Waals surface area contributed by atoms with E-state index in [1.165, 1.54) is 57.8 Å². The molecule has 0 aliphatic heterocycles. The van der Waals surface area contributed by atoms with E-state index in [1.54, 1.807) is 23.8 Å². The number of allylic oxidation sites excluding steroid dienone is 1. The van der Waals surface area contributed by atoms with E-state index in [0.717, 1.165) is 59.7 Å². The topological polar surface area (TPSA) is 52.4 Å². The highest BCUT2D eigenvalue weighted by molar-refractivity contribution is 5.43. The Hall–Kier alpha value is -1.84. The minimum Gasteiger partial charge on any atom is -0.490 e. The van der Waals surface area contributed by atoms with E-state index >= 15 is 0 Å². The zero-order valence-corrected chi connectivity index (χ0v) is 24.8. The van der Waals surface area contributed by atoms with Crippen molar-refractivity contribution in [2.75, 3.05) is 0 Å². The molecule has 38 heavy (non-hydrogen) atoms. The Morgan fingerprint density at radius 1 is 1.05 bits per heavy atom. The molecule has 4 heteroatoms. The van der Waals surface area contributed by atoms with Crippen LogP contribution in [0, 0.1) is 63.4 Å². The van der Waals surface area contributed by atoms with Crippen LogP contribution in [0.25, 0.3) is 0 Å². The molecule has 4 aliphatic carbocycles. The third kappa shape index (κ3) is 4.94. The number of benzene rings is 1. The molecule has 4 aliphatic rings. The molecule has 1 aromatic carbocycles. The molecule has 0 bridgehead atoms. The molecule has 4 nitrogen and oxygen atoms in total. The van der Waals surface area contributed by atoms with Gasteiger partial charge in [0.15, 0.2) is 0 Å². The third-order valence-corrected chi connectivity index (χ3v) is 11.9. The van der Waals surface area contributed by atoms with Crippen LogP contribution in [0.1, 0.15) is 111 Å². The van der Waals surface area contributed by atoms with E-state index in [4.69, 9.17) is 4.74 Å². The predicted octanol–water partition coefficient (Wildman–Crippen LogP) is 9.69. The second-order valence-electron chi connectivity index (χ2n) is 14.5. The van der Waals surface area contributed by atoms with E-state index in [0.29, 0.717) is 10.8 Å². The Bertz CT molecular complexity index is 1060. The first kappa shape index (κ1) is 27.7. The molecule has 0 saturated heterocycles. The second-order valence-corrected chi connectivity index (χ2v) is 14.5. The first-order chi connectivity index (χ1) is 18.0. The number of nitrogens with zero attached hydrogens (tertiary/aromatic N) is 1. The number of ether oxygens (including phenoxy) is 1. The molecule has 8 atom stereocenters. The number of nitro benzene ring substituents is 1. The van der Waals surface area contributed by atoms with Crippen molar-refractivity contribution < 1.29 is 9.66 Å². The highest BCUT2D eigenvalue weighted by Gasteiger charge is 2.59. The van der Waals surface area contributed by atoms with Crippen molar-refractivity contribution in [3.63, 3.8) is 0 Å². The molecule has 5 rings (SSSR count). The fourth-order valence-electron chi connectivity index (χ4n) is 9.81. The smallest absolute Gasteiger partial charge is 0.269 e. The van der Waals surface area contributed by atoms with Crippen LogP contribution in [0.5, 0.6) is 5.75 Å². The molecule has 210 valence electrons. The largest absolute Gasteiger partial charge is 0.490 e. The van der Waals surface area contributed by atoms with Crippen LogP contribution in [-0.2, 0) is 0 Å². The van der Waals surface area contributed by atoms with E-state index in [2.05, 4.69) is 40.7 Å². The lowest BCUT2D eigenvalue weighted by molar-refractivity contribution is -0.384. The van der Waals surface area contributed by atoms with E-state index in [9.17, 15) is 10.1 Å². The predicted molar refractivity (Wildman–Crippen MR) is 155 cm³/mol. The Morgan fingerprint density at radius 3 is 2.55 bits per heavy atom. The molecule has 0 amide bonds. The average Bonchev–Trinajstić information content (AvgIpc) is 3.22. The molecule has 0 unspecified atom stereocenters. The summed E-state index contributed by atoms with van der Waals surface area (Å²) in [4.78, 5) is 10.8. The van der Waals surface area contributed by atoms with Crippen molar-refractivity contribution in [2.24, 2.45) is 46.3 Å². The van der Waals surface area contributed by atoms with Crippen LogP contribution in [0.2, 0.25) is 0 Å². The van der Waals surface area contributed by atoms with Crippen molar-refractivity contribution in [1.29, 1.82) is 0 Å². The summed E-state index contributed by atoms with van der Waals surface area (Å²) in [5.41, 5.74) is 3.47. The first-order valence-electron chi connectivity index (χ1n) is 15.6. The fourth-order valence-corrected chi connectivity index (χ4v) is 9.81. The summed E-state index contributed by atoms with van der Waals surface area (Å²) in [6.07, 6.45) is 17.2. The third-order valence-electron chi connectivity index (χ3n) is 11.9. The first-order valence-corrected chi connectivity index (χ1v) is 15.6. The summed E-state index contributed by atoms with van der Waals surface area (Å²) in [7, 11) is 0. The Balaban J connectivity index is 1.26. The summed E-state index contributed by atoms with van der Waals surface area (Å²) >= 11 is 0. The molecular formula is C34H51NO3. The van der Waals surface area contributed by atoms with E-state index < -0.39 is 0 Å². The molecule has 0 aromatic heterocycles. The minimum atomic E-state index is -0.332. The van der Waals surface area contributed by atoms with Gasteiger partial charge in [-0.05, 0) is 110 Å². The van der Waals surface area contributed by atoms with Crippen molar-refractivity contribution in [3.8, 4) is 5.75 Å². The van der Waals surface area contributed by atoms with Crippen molar-refractivity contribution in [1.82, 2.24) is 0 Å². The van der Waals surface area contributed by atoms with Crippen molar-refractivity contribution in [3.05, 3.63) is 45.5 Å². The van der Waals surface area contributed by atoms with E-state index in [1.807, 2.05) is 6.92 Å². The molecule has 3 saturated carbocycles. The Kier molecular flexibility index (Phi) is 7.74. The van der Waals surface area contributed by atoms with Gasteiger partial charge in [0.25, 0.3) is 5.69 Å². The highest BCUT2D eigenvalue weighted by atomic mass is 16.6. The monoisotopic (exact) mass is 521 g/mol. The lowest BCUT2D eigenvalue weighted by Crippen LogP contribution is -2.51.